The maximum Gasteiger partial charge on any atom is 0.277 e. The van der Waals surface area contributed by atoms with Gasteiger partial charge in [0, 0.05) is 16.9 Å². The summed E-state index contributed by atoms with van der Waals surface area (Å²) in [6.07, 6.45) is 3.87. The Bertz CT molecular complexity index is 1480. The summed E-state index contributed by atoms with van der Waals surface area (Å²) in [5.74, 6) is 0.576. The van der Waals surface area contributed by atoms with E-state index in [1.54, 1.807) is 10.9 Å². The van der Waals surface area contributed by atoms with E-state index in [2.05, 4.69) is 15.1 Å². The number of ether oxygens (including phenoxy) is 1. The molecule has 0 unspecified atom stereocenters. The van der Waals surface area contributed by atoms with Crippen molar-refractivity contribution in [3.63, 3.8) is 0 Å². The zero-order valence-electron chi connectivity index (χ0n) is 18.8. The van der Waals surface area contributed by atoms with E-state index in [0.29, 0.717) is 47.6 Å². The molecule has 0 aliphatic heterocycles. The van der Waals surface area contributed by atoms with Crippen LogP contribution >= 0.6 is 10.7 Å². The van der Waals surface area contributed by atoms with Crippen LogP contribution in [-0.2, 0) is 22.0 Å². The Kier molecular flexibility index (Phi) is 6.99. The van der Waals surface area contributed by atoms with Crippen molar-refractivity contribution in [2.24, 2.45) is 0 Å². The van der Waals surface area contributed by atoms with Crippen molar-refractivity contribution in [2.75, 3.05) is 6.61 Å². The van der Waals surface area contributed by atoms with Gasteiger partial charge in [0.25, 0.3) is 14.6 Å². The molecule has 34 heavy (non-hydrogen) atoms. The molecule has 3 aromatic heterocycles. The Morgan fingerprint density at radius 3 is 2.65 bits per heavy atom. The first kappa shape index (κ1) is 23.9. The minimum absolute atomic E-state index is 0.115. The second-order valence-electron chi connectivity index (χ2n) is 7.73. The standard InChI is InChI=1S/C23H24ClN5O4S/c1-3-7-18-20-21(29(28-18)14-15-8-5-6-11-25-15)23(30)27-22(26-20)17-13-16(34(24,31)32)9-10-19(17)33-12-4-2/h5-6,8-11,13H,3-4,7,12,14H2,1-2H3,(H,26,27,30). The Hall–Kier alpha value is -3.24. The Labute approximate surface area is 201 Å². The topological polar surface area (TPSA) is 120 Å². The van der Waals surface area contributed by atoms with Crippen LogP contribution < -0.4 is 10.3 Å². The molecule has 178 valence electrons. The van der Waals surface area contributed by atoms with Crippen LogP contribution in [0.5, 0.6) is 5.75 Å². The summed E-state index contributed by atoms with van der Waals surface area (Å²) in [6, 6.07) is 9.79. The lowest BCUT2D eigenvalue weighted by molar-refractivity contribution is 0.318. The number of aromatic amines is 1. The smallest absolute Gasteiger partial charge is 0.277 e. The number of nitrogens with zero attached hydrogens (tertiary/aromatic N) is 4. The second kappa shape index (κ2) is 9.94. The van der Waals surface area contributed by atoms with E-state index in [1.165, 1.54) is 18.2 Å². The highest BCUT2D eigenvalue weighted by Gasteiger charge is 2.21. The molecule has 0 aliphatic rings. The van der Waals surface area contributed by atoms with Gasteiger partial charge in [0.15, 0.2) is 5.52 Å². The second-order valence-corrected chi connectivity index (χ2v) is 10.3. The zero-order valence-corrected chi connectivity index (χ0v) is 20.4. The number of aryl methyl sites for hydroxylation is 1. The first-order chi connectivity index (χ1) is 16.3. The lowest BCUT2D eigenvalue weighted by Crippen LogP contribution is -2.15. The Balaban J connectivity index is 1.91. The van der Waals surface area contributed by atoms with Crippen LogP contribution in [0.25, 0.3) is 22.4 Å². The molecular formula is C23H24ClN5O4S. The fraction of sp³-hybridized carbons (Fsp3) is 0.304. The fourth-order valence-corrected chi connectivity index (χ4v) is 4.40. The zero-order chi connectivity index (χ0) is 24.3. The van der Waals surface area contributed by atoms with E-state index in [-0.39, 0.29) is 10.7 Å². The number of hydrogen-bond donors (Lipinski definition) is 1. The van der Waals surface area contributed by atoms with E-state index in [1.807, 2.05) is 32.0 Å². The van der Waals surface area contributed by atoms with Crippen molar-refractivity contribution in [1.82, 2.24) is 24.7 Å². The van der Waals surface area contributed by atoms with Crippen LogP contribution in [0.3, 0.4) is 0 Å². The molecule has 0 saturated heterocycles. The molecule has 0 radical (unpaired) electrons. The summed E-state index contributed by atoms with van der Waals surface area (Å²) < 4.78 is 31.3. The quantitative estimate of drug-likeness (QED) is 0.345. The SMILES string of the molecule is CCCOc1ccc(S(=O)(=O)Cl)cc1-c1nc2c(CCC)nn(Cc3ccccn3)c2c(=O)[nH]1. The number of rotatable bonds is 9. The third-order valence-corrected chi connectivity index (χ3v) is 6.49. The van der Waals surface area contributed by atoms with Gasteiger partial charge >= 0.3 is 0 Å². The molecule has 9 nitrogen and oxygen atoms in total. The summed E-state index contributed by atoms with van der Waals surface area (Å²) >= 11 is 0. The maximum absolute atomic E-state index is 13.2. The summed E-state index contributed by atoms with van der Waals surface area (Å²) in [7, 11) is 1.57. The molecular weight excluding hydrogens is 478 g/mol. The van der Waals surface area contributed by atoms with Gasteiger partial charge in [0.2, 0.25) is 0 Å². The summed E-state index contributed by atoms with van der Waals surface area (Å²) in [6.45, 7) is 4.70. The molecule has 0 fully saturated rings. The van der Waals surface area contributed by atoms with Gasteiger partial charge in [-0.15, -0.1) is 0 Å². The van der Waals surface area contributed by atoms with Gasteiger partial charge in [0.05, 0.1) is 35.0 Å². The van der Waals surface area contributed by atoms with E-state index < -0.39 is 14.6 Å². The van der Waals surface area contributed by atoms with Gasteiger partial charge in [-0.3, -0.25) is 14.5 Å². The molecule has 4 rings (SSSR count). The third kappa shape index (κ3) is 4.97. The summed E-state index contributed by atoms with van der Waals surface area (Å²) in [5, 5.41) is 4.64. The van der Waals surface area contributed by atoms with Crippen molar-refractivity contribution in [3.8, 4) is 17.1 Å². The van der Waals surface area contributed by atoms with Gasteiger partial charge in [-0.05, 0) is 43.2 Å². The number of fused-ring (bicyclic) bond motifs is 1. The number of aromatic nitrogens is 5. The van der Waals surface area contributed by atoms with Crippen molar-refractivity contribution in [3.05, 3.63) is 64.3 Å². The molecule has 1 N–H and O–H groups in total. The summed E-state index contributed by atoms with van der Waals surface area (Å²) in [4.78, 5) is 24.9. The molecule has 0 bridgehead atoms. The van der Waals surface area contributed by atoms with Gasteiger partial charge in [-0.25, -0.2) is 13.4 Å². The first-order valence-corrected chi connectivity index (χ1v) is 13.2. The lowest BCUT2D eigenvalue weighted by atomic mass is 10.1. The number of pyridine rings is 1. The Morgan fingerprint density at radius 2 is 1.97 bits per heavy atom. The molecule has 0 spiro atoms. The van der Waals surface area contributed by atoms with E-state index in [0.717, 1.165) is 18.5 Å². The lowest BCUT2D eigenvalue weighted by Gasteiger charge is -2.12. The van der Waals surface area contributed by atoms with Gasteiger partial charge in [0.1, 0.15) is 17.1 Å². The minimum atomic E-state index is -4.00. The fourth-order valence-electron chi connectivity index (χ4n) is 3.63. The van der Waals surface area contributed by atoms with Crippen LogP contribution in [0.2, 0.25) is 0 Å². The molecule has 1 aromatic carbocycles. The van der Waals surface area contributed by atoms with E-state index in [4.69, 9.17) is 20.4 Å². The van der Waals surface area contributed by atoms with Crippen molar-refractivity contribution in [1.29, 1.82) is 0 Å². The number of nitrogens with one attached hydrogen (secondary N) is 1. The van der Waals surface area contributed by atoms with Crippen molar-refractivity contribution < 1.29 is 13.2 Å². The number of benzene rings is 1. The predicted molar refractivity (Wildman–Crippen MR) is 130 cm³/mol. The molecule has 0 aliphatic carbocycles. The average molecular weight is 502 g/mol. The molecule has 0 atom stereocenters. The predicted octanol–water partition coefficient (Wildman–Crippen LogP) is 3.90. The summed E-state index contributed by atoms with van der Waals surface area (Å²) in [5.41, 5.74) is 2.15. The highest BCUT2D eigenvalue weighted by atomic mass is 35.7. The van der Waals surface area contributed by atoms with Crippen LogP contribution in [-0.4, -0.2) is 39.8 Å². The molecule has 4 aromatic rings. The van der Waals surface area contributed by atoms with Crippen molar-refractivity contribution in [2.45, 2.75) is 44.6 Å². The monoisotopic (exact) mass is 501 g/mol. The van der Waals surface area contributed by atoms with E-state index >= 15 is 0 Å². The van der Waals surface area contributed by atoms with Crippen LogP contribution in [0.4, 0.5) is 0 Å². The molecule has 11 heteroatoms. The molecule has 0 saturated carbocycles. The first-order valence-electron chi connectivity index (χ1n) is 10.9. The Morgan fingerprint density at radius 1 is 1.15 bits per heavy atom. The van der Waals surface area contributed by atoms with E-state index in [9.17, 15) is 13.2 Å². The maximum atomic E-state index is 13.2. The normalized spacial score (nSPS) is 11.7. The number of halogens is 1. The minimum Gasteiger partial charge on any atom is -0.493 e. The van der Waals surface area contributed by atoms with Gasteiger partial charge < -0.3 is 9.72 Å². The van der Waals surface area contributed by atoms with Crippen molar-refractivity contribution >= 4 is 30.8 Å². The van der Waals surface area contributed by atoms with Crippen LogP contribution in [0, 0.1) is 0 Å². The van der Waals surface area contributed by atoms with Gasteiger partial charge in [-0.1, -0.05) is 26.3 Å². The number of hydrogen-bond acceptors (Lipinski definition) is 7. The van der Waals surface area contributed by atoms with Crippen LogP contribution in [0.15, 0.2) is 52.3 Å². The largest absolute Gasteiger partial charge is 0.493 e. The van der Waals surface area contributed by atoms with Gasteiger partial charge in [-0.2, -0.15) is 5.10 Å². The highest BCUT2D eigenvalue weighted by Crippen LogP contribution is 2.32. The third-order valence-electron chi connectivity index (χ3n) is 5.14. The molecule has 0 amide bonds. The number of H-pyrrole nitrogens is 1. The molecule has 3 heterocycles. The highest BCUT2D eigenvalue weighted by molar-refractivity contribution is 8.13. The van der Waals surface area contributed by atoms with Crippen LogP contribution in [0.1, 0.15) is 38.1 Å². The average Bonchev–Trinajstić information content (AvgIpc) is 3.15.